The van der Waals surface area contributed by atoms with Crippen LogP contribution < -0.4 is 5.32 Å². The number of benzene rings is 1. The van der Waals surface area contributed by atoms with Crippen LogP contribution in [0.25, 0.3) is 0 Å². The molecule has 128 valence electrons. The first kappa shape index (κ1) is 19.5. The van der Waals surface area contributed by atoms with E-state index in [0.717, 1.165) is 5.56 Å². The van der Waals surface area contributed by atoms with Crippen molar-refractivity contribution in [2.75, 3.05) is 13.6 Å². The van der Waals surface area contributed by atoms with Gasteiger partial charge < -0.3 is 10.2 Å². The monoisotopic (exact) mass is 338 g/mol. The molecule has 0 heterocycles. The summed E-state index contributed by atoms with van der Waals surface area (Å²) in [7, 11) is 1.79. The Labute approximate surface area is 144 Å². The first-order chi connectivity index (χ1) is 10.6. The quantitative estimate of drug-likeness (QED) is 0.802. The molecule has 0 aliphatic heterocycles. The Hall–Kier alpha value is -1.55. The van der Waals surface area contributed by atoms with Crippen molar-refractivity contribution >= 4 is 23.4 Å². The fourth-order valence-corrected chi connectivity index (χ4v) is 2.29. The summed E-state index contributed by atoms with van der Waals surface area (Å²) in [6.45, 7) is 8.10. The van der Waals surface area contributed by atoms with Crippen LogP contribution in [0.3, 0.4) is 0 Å². The molecule has 0 fully saturated rings. The van der Waals surface area contributed by atoms with Crippen LogP contribution >= 0.6 is 11.6 Å². The zero-order valence-corrected chi connectivity index (χ0v) is 15.4. The van der Waals surface area contributed by atoms with Crippen LogP contribution in [-0.2, 0) is 9.59 Å². The minimum Gasteiger partial charge on any atom is -0.356 e. The van der Waals surface area contributed by atoms with Gasteiger partial charge in [0.15, 0.2) is 0 Å². The molecule has 1 unspecified atom stereocenters. The molecular weight excluding hydrogens is 312 g/mol. The highest BCUT2D eigenvalue weighted by Crippen LogP contribution is 2.22. The molecule has 0 spiro atoms. The van der Waals surface area contributed by atoms with Crippen LogP contribution in [-0.4, -0.2) is 30.3 Å². The van der Waals surface area contributed by atoms with E-state index in [1.54, 1.807) is 11.9 Å². The van der Waals surface area contributed by atoms with Crippen LogP contribution in [0.15, 0.2) is 24.3 Å². The molecule has 0 saturated carbocycles. The second-order valence-corrected chi connectivity index (χ2v) is 7.28. The zero-order valence-electron chi connectivity index (χ0n) is 14.6. The molecule has 23 heavy (non-hydrogen) atoms. The van der Waals surface area contributed by atoms with Crippen molar-refractivity contribution in [2.24, 2.45) is 5.41 Å². The van der Waals surface area contributed by atoms with E-state index in [-0.39, 0.29) is 17.9 Å². The SMILES string of the molecule is CC(c1cccc(Cl)c1)N(C)C(=O)CCCNC(=O)C(C)(C)C. The van der Waals surface area contributed by atoms with Gasteiger partial charge in [-0.3, -0.25) is 9.59 Å². The summed E-state index contributed by atoms with van der Waals surface area (Å²) >= 11 is 6.00. The Morgan fingerprint density at radius 2 is 1.96 bits per heavy atom. The van der Waals surface area contributed by atoms with Crippen LogP contribution in [0.1, 0.15) is 52.1 Å². The van der Waals surface area contributed by atoms with Crippen LogP contribution in [0.2, 0.25) is 5.02 Å². The van der Waals surface area contributed by atoms with Gasteiger partial charge in [0.25, 0.3) is 0 Å². The highest BCUT2D eigenvalue weighted by Gasteiger charge is 2.21. The highest BCUT2D eigenvalue weighted by molar-refractivity contribution is 6.30. The van der Waals surface area contributed by atoms with Crippen molar-refractivity contribution < 1.29 is 9.59 Å². The maximum atomic E-state index is 12.3. The van der Waals surface area contributed by atoms with Gasteiger partial charge in [-0.2, -0.15) is 0 Å². The van der Waals surface area contributed by atoms with Gasteiger partial charge in [0.2, 0.25) is 11.8 Å². The molecule has 1 N–H and O–H groups in total. The number of hydrogen-bond acceptors (Lipinski definition) is 2. The number of nitrogens with zero attached hydrogens (tertiary/aromatic N) is 1. The van der Waals surface area contributed by atoms with Crippen molar-refractivity contribution in [3.05, 3.63) is 34.9 Å². The summed E-state index contributed by atoms with van der Waals surface area (Å²) in [6, 6.07) is 7.50. The third kappa shape index (κ3) is 6.22. The Balaban J connectivity index is 2.44. The van der Waals surface area contributed by atoms with Crippen molar-refractivity contribution in [1.82, 2.24) is 10.2 Å². The van der Waals surface area contributed by atoms with E-state index >= 15 is 0 Å². The molecule has 4 nitrogen and oxygen atoms in total. The second kappa shape index (κ2) is 8.34. The lowest BCUT2D eigenvalue weighted by Crippen LogP contribution is -2.36. The van der Waals surface area contributed by atoms with E-state index in [9.17, 15) is 9.59 Å². The van der Waals surface area contributed by atoms with Crippen molar-refractivity contribution in [2.45, 2.75) is 46.6 Å². The molecule has 0 saturated heterocycles. The summed E-state index contributed by atoms with van der Waals surface area (Å²) < 4.78 is 0. The van der Waals surface area contributed by atoms with E-state index in [4.69, 9.17) is 11.6 Å². The minimum atomic E-state index is -0.401. The summed E-state index contributed by atoms with van der Waals surface area (Å²) in [5.74, 6) is 0.0630. The smallest absolute Gasteiger partial charge is 0.225 e. The van der Waals surface area contributed by atoms with Crippen LogP contribution in [0.4, 0.5) is 0 Å². The van der Waals surface area contributed by atoms with Crippen molar-refractivity contribution in [1.29, 1.82) is 0 Å². The number of carbonyl (C=O) groups is 2. The van der Waals surface area contributed by atoms with E-state index < -0.39 is 5.41 Å². The van der Waals surface area contributed by atoms with Gasteiger partial charge >= 0.3 is 0 Å². The van der Waals surface area contributed by atoms with E-state index in [0.29, 0.717) is 24.4 Å². The first-order valence-corrected chi connectivity index (χ1v) is 8.30. The Bertz CT molecular complexity index is 552. The molecule has 1 aromatic rings. The second-order valence-electron chi connectivity index (χ2n) is 6.85. The summed E-state index contributed by atoms with van der Waals surface area (Å²) in [5, 5.41) is 3.52. The van der Waals surface area contributed by atoms with Crippen LogP contribution in [0, 0.1) is 5.41 Å². The van der Waals surface area contributed by atoms with Gasteiger partial charge in [0, 0.05) is 30.5 Å². The number of rotatable bonds is 6. The average molecular weight is 339 g/mol. The summed E-state index contributed by atoms with van der Waals surface area (Å²) in [5.41, 5.74) is 0.608. The van der Waals surface area contributed by atoms with Gasteiger partial charge in [-0.05, 0) is 31.0 Å². The summed E-state index contributed by atoms with van der Waals surface area (Å²) in [4.78, 5) is 25.7. The third-order valence-electron chi connectivity index (χ3n) is 3.84. The standard InChI is InChI=1S/C18H27ClN2O2/c1-13(14-8-6-9-15(19)12-14)21(5)16(22)10-7-11-20-17(23)18(2,3)4/h6,8-9,12-13H,7,10-11H2,1-5H3,(H,20,23). The number of halogens is 1. The van der Waals surface area contributed by atoms with Crippen LogP contribution in [0.5, 0.6) is 0 Å². The molecule has 1 aromatic carbocycles. The molecule has 2 amide bonds. The lowest BCUT2D eigenvalue weighted by Gasteiger charge is -2.25. The number of hydrogen-bond donors (Lipinski definition) is 1. The summed E-state index contributed by atoms with van der Waals surface area (Å²) in [6.07, 6.45) is 1.04. The molecule has 0 aliphatic carbocycles. The van der Waals surface area contributed by atoms with Crippen molar-refractivity contribution in [3.63, 3.8) is 0 Å². The number of carbonyl (C=O) groups excluding carboxylic acids is 2. The molecule has 0 aromatic heterocycles. The van der Waals surface area contributed by atoms with E-state index in [1.165, 1.54) is 0 Å². The largest absolute Gasteiger partial charge is 0.356 e. The lowest BCUT2D eigenvalue weighted by atomic mass is 9.96. The highest BCUT2D eigenvalue weighted by atomic mass is 35.5. The molecule has 0 radical (unpaired) electrons. The molecule has 0 bridgehead atoms. The van der Waals surface area contributed by atoms with Gasteiger partial charge in [0.05, 0.1) is 6.04 Å². The fraction of sp³-hybridized carbons (Fsp3) is 0.556. The van der Waals surface area contributed by atoms with Gasteiger partial charge in [-0.1, -0.05) is 44.5 Å². The Morgan fingerprint density at radius 1 is 1.30 bits per heavy atom. The number of nitrogens with one attached hydrogen (secondary N) is 1. The molecule has 1 rings (SSSR count). The predicted molar refractivity (Wildman–Crippen MR) is 94.3 cm³/mol. The van der Waals surface area contributed by atoms with Crippen molar-refractivity contribution in [3.8, 4) is 0 Å². The average Bonchev–Trinajstić information content (AvgIpc) is 2.48. The van der Waals surface area contributed by atoms with Gasteiger partial charge in [-0.25, -0.2) is 0 Å². The molecular formula is C18H27ClN2O2. The Morgan fingerprint density at radius 3 is 2.52 bits per heavy atom. The first-order valence-electron chi connectivity index (χ1n) is 7.92. The minimum absolute atomic E-state index is 0.00518. The van der Waals surface area contributed by atoms with E-state index in [1.807, 2.05) is 52.0 Å². The molecule has 1 atom stereocenters. The molecule has 0 aliphatic rings. The third-order valence-corrected chi connectivity index (χ3v) is 4.07. The van der Waals surface area contributed by atoms with Gasteiger partial charge in [0.1, 0.15) is 0 Å². The predicted octanol–water partition coefficient (Wildman–Crippen LogP) is 3.80. The topological polar surface area (TPSA) is 49.4 Å². The Kier molecular flexibility index (Phi) is 7.07. The zero-order chi connectivity index (χ0) is 17.6. The fourth-order valence-electron chi connectivity index (χ4n) is 2.09. The maximum absolute atomic E-state index is 12.3. The normalized spacial score (nSPS) is 12.6. The number of amides is 2. The van der Waals surface area contributed by atoms with E-state index in [2.05, 4.69) is 5.32 Å². The van der Waals surface area contributed by atoms with Gasteiger partial charge in [-0.15, -0.1) is 0 Å². The molecule has 5 heteroatoms. The maximum Gasteiger partial charge on any atom is 0.225 e. The lowest BCUT2D eigenvalue weighted by molar-refractivity contribution is -0.132.